The maximum Gasteiger partial charge on any atom is 0.336 e. The molecule has 0 aliphatic heterocycles. The second kappa shape index (κ2) is 6.03. The fraction of sp³-hybridized carbons (Fsp3) is 0.385. The van der Waals surface area contributed by atoms with Crippen LogP contribution >= 0.6 is 0 Å². The quantitative estimate of drug-likeness (QED) is 0.824. The summed E-state index contributed by atoms with van der Waals surface area (Å²) in [5, 5.41) is 11.7. The smallest absolute Gasteiger partial charge is 0.336 e. The van der Waals surface area contributed by atoms with Gasteiger partial charge >= 0.3 is 5.97 Å². The molecule has 0 saturated carbocycles. The molecule has 17 heavy (non-hydrogen) atoms. The van der Waals surface area contributed by atoms with E-state index < -0.39 is 5.97 Å². The Morgan fingerprint density at radius 3 is 2.65 bits per heavy atom. The molecule has 0 bridgehead atoms. The van der Waals surface area contributed by atoms with Crippen LogP contribution < -0.4 is 5.32 Å². The number of carbonyl (C=O) groups is 2. The summed E-state index contributed by atoms with van der Waals surface area (Å²) in [7, 11) is 0. The van der Waals surface area contributed by atoms with E-state index in [9.17, 15) is 9.59 Å². The van der Waals surface area contributed by atoms with Gasteiger partial charge in [0.05, 0.1) is 5.56 Å². The van der Waals surface area contributed by atoms with E-state index in [0.29, 0.717) is 17.7 Å². The maximum absolute atomic E-state index is 11.5. The molecule has 4 nitrogen and oxygen atoms in total. The summed E-state index contributed by atoms with van der Waals surface area (Å²) < 4.78 is 0. The number of rotatable bonds is 5. The summed E-state index contributed by atoms with van der Waals surface area (Å²) in [5.74, 6) is -1.05. The highest BCUT2D eigenvalue weighted by Crippen LogP contribution is 2.19. The van der Waals surface area contributed by atoms with Crippen molar-refractivity contribution in [1.82, 2.24) is 0 Å². The summed E-state index contributed by atoms with van der Waals surface area (Å²) in [6.45, 7) is 3.71. The van der Waals surface area contributed by atoms with Crippen LogP contribution in [0.15, 0.2) is 18.2 Å². The summed E-state index contributed by atoms with van der Waals surface area (Å²) in [6, 6.07) is 4.87. The number of hydrogen-bond donors (Lipinski definition) is 2. The summed E-state index contributed by atoms with van der Waals surface area (Å²) >= 11 is 0. The van der Waals surface area contributed by atoms with E-state index in [-0.39, 0.29) is 11.5 Å². The van der Waals surface area contributed by atoms with Gasteiger partial charge in [0.1, 0.15) is 0 Å². The predicted octanol–water partition coefficient (Wildman–Crippen LogP) is 2.82. The highest BCUT2D eigenvalue weighted by atomic mass is 16.4. The van der Waals surface area contributed by atoms with Gasteiger partial charge in [-0.05, 0) is 31.0 Å². The number of anilines is 1. The maximum atomic E-state index is 11.5. The zero-order valence-corrected chi connectivity index (χ0v) is 10.1. The number of carbonyl (C=O) groups excluding carboxylic acids is 1. The molecule has 0 aliphatic rings. The van der Waals surface area contributed by atoms with Crippen molar-refractivity contribution in [2.45, 2.75) is 33.1 Å². The van der Waals surface area contributed by atoms with Gasteiger partial charge in [0.25, 0.3) is 0 Å². The molecule has 1 amide bonds. The lowest BCUT2D eigenvalue weighted by molar-refractivity contribution is -0.116. The van der Waals surface area contributed by atoms with Crippen molar-refractivity contribution < 1.29 is 14.7 Å². The van der Waals surface area contributed by atoms with Crippen LogP contribution in [0.2, 0.25) is 0 Å². The minimum atomic E-state index is -0.979. The zero-order valence-electron chi connectivity index (χ0n) is 10.1. The molecule has 0 radical (unpaired) electrons. The van der Waals surface area contributed by atoms with Gasteiger partial charge in [0, 0.05) is 12.1 Å². The van der Waals surface area contributed by atoms with Crippen LogP contribution in [0.3, 0.4) is 0 Å². The highest BCUT2D eigenvalue weighted by molar-refractivity contribution is 5.95. The Bertz CT molecular complexity index is 427. The van der Waals surface area contributed by atoms with Crippen molar-refractivity contribution in [2.75, 3.05) is 5.32 Å². The molecule has 2 N–H and O–H groups in total. The number of unbranched alkanes of at least 4 members (excludes halogenated alkanes) is 1. The average molecular weight is 235 g/mol. The van der Waals surface area contributed by atoms with Gasteiger partial charge in [0.2, 0.25) is 5.91 Å². The van der Waals surface area contributed by atoms with Gasteiger partial charge in [-0.1, -0.05) is 19.4 Å². The Balaban J connectivity index is 2.81. The van der Waals surface area contributed by atoms with Crippen molar-refractivity contribution in [3.05, 3.63) is 29.3 Å². The van der Waals surface area contributed by atoms with Crippen LogP contribution in [0.5, 0.6) is 0 Å². The molecule has 0 spiro atoms. The number of benzene rings is 1. The van der Waals surface area contributed by atoms with Crippen molar-refractivity contribution in [1.29, 1.82) is 0 Å². The molecule has 0 aromatic heterocycles. The lowest BCUT2D eigenvalue weighted by atomic mass is 10.1. The van der Waals surface area contributed by atoms with Crippen molar-refractivity contribution in [2.24, 2.45) is 0 Å². The fourth-order valence-electron chi connectivity index (χ4n) is 1.55. The predicted molar refractivity (Wildman–Crippen MR) is 66.3 cm³/mol. The van der Waals surface area contributed by atoms with E-state index in [1.807, 2.05) is 6.92 Å². The minimum Gasteiger partial charge on any atom is -0.478 e. The summed E-state index contributed by atoms with van der Waals surface area (Å²) in [5.41, 5.74) is 1.38. The molecule has 4 heteroatoms. The molecule has 0 atom stereocenters. The Labute approximate surface area is 101 Å². The minimum absolute atomic E-state index is 0.0718. The van der Waals surface area contributed by atoms with E-state index in [0.717, 1.165) is 12.8 Å². The van der Waals surface area contributed by atoms with Gasteiger partial charge in [-0.3, -0.25) is 4.79 Å². The second-order valence-electron chi connectivity index (χ2n) is 3.94. The van der Waals surface area contributed by atoms with Crippen LogP contribution in [-0.4, -0.2) is 17.0 Å². The molecular formula is C13H17NO3. The van der Waals surface area contributed by atoms with Crippen LogP contribution in [0.1, 0.15) is 42.1 Å². The summed E-state index contributed by atoms with van der Waals surface area (Å²) in [4.78, 5) is 22.5. The Morgan fingerprint density at radius 1 is 1.35 bits per heavy atom. The van der Waals surface area contributed by atoms with Crippen molar-refractivity contribution in [3.63, 3.8) is 0 Å². The largest absolute Gasteiger partial charge is 0.478 e. The van der Waals surface area contributed by atoms with Crippen LogP contribution in [0, 0.1) is 6.92 Å². The van der Waals surface area contributed by atoms with Crippen LogP contribution in [0.25, 0.3) is 0 Å². The van der Waals surface area contributed by atoms with Crippen LogP contribution in [-0.2, 0) is 4.79 Å². The number of hydrogen-bond acceptors (Lipinski definition) is 2. The SMILES string of the molecule is CCCCC(=O)Nc1cccc(C(=O)O)c1C. The third kappa shape index (κ3) is 3.59. The molecule has 92 valence electrons. The molecule has 0 saturated heterocycles. The average Bonchev–Trinajstić information content (AvgIpc) is 2.28. The van der Waals surface area contributed by atoms with Crippen molar-refractivity contribution in [3.8, 4) is 0 Å². The number of amides is 1. The molecule has 1 rings (SSSR count). The van der Waals surface area contributed by atoms with Gasteiger partial charge in [-0.15, -0.1) is 0 Å². The van der Waals surface area contributed by atoms with Gasteiger partial charge in [0.15, 0.2) is 0 Å². The molecular weight excluding hydrogens is 218 g/mol. The van der Waals surface area contributed by atoms with Gasteiger partial charge in [-0.2, -0.15) is 0 Å². The Kier molecular flexibility index (Phi) is 4.69. The number of carboxylic acid groups (broad SMARTS) is 1. The van der Waals surface area contributed by atoms with E-state index >= 15 is 0 Å². The standard InChI is InChI=1S/C13H17NO3/c1-3-4-8-12(15)14-11-7-5-6-10(9(11)2)13(16)17/h5-7H,3-4,8H2,1-2H3,(H,14,15)(H,16,17). The number of carboxylic acids is 1. The highest BCUT2D eigenvalue weighted by Gasteiger charge is 2.11. The van der Waals surface area contributed by atoms with Crippen molar-refractivity contribution >= 4 is 17.6 Å². The Morgan fingerprint density at radius 2 is 2.06 bits per heavy atom. The van der Waals surface area contributed by atoms with E-state index in [2.05, 4.69) is 5.32 Å². The first-order valence-electron chi connectivity index (χ1n) is 5.69. The number of aromatic carboxylic acids is 1. The first kappa shape index (κ1) is 13.2. The lowest BCUT2D eigenvalue weighted by Gasteiger charge is -2.10. The molecule has 1 aromatic carbocycles. The molecule has 0 aliphatic carbocycles. The third-order valence-corrected chi connectivity index (χ3v) is 2.60. The van der Waals surface area contributed by atoms with Gasteiger partial charge < -0.3 is 10.4 Å². The zero-order chi connectivity index (χ0) is 12.8. The first-order valence-corrected chi connectivity index (χ1v) is 5.69. The van der Waals surface area contributed by atoms with Gasteiger partial charge in [-0.25, -0.2) is 4.79 Å². The second-order valence-corrected chi connectivity index (χ2v) is 3.94. The monoisotopic (exact) mass is 235 g/mol. The first-order chi connectivity index (χ1) is 8.06. The third-order valence-electron chi connectivity index (χ3n) is 2.60. The summed E-state index contributed by atoms with van der Waals surface area (Å²) in [6.07, 6.45) is 2.26. The molecule has 0 fully saturated rings. The normalized spacial score (nSPS) is 10.0. The number of nitrogens with one attached hydrogen (secondary N) is 1. The lowest BCUT2D eigenvalue weighted by Crippen LogP contribution is -2.13. The topological polar surface area (TPSA) is 66.4 Å². The Hall–Kier alpha value is -1.84. The van der Waals surface area contributed by atoms with E-state index in [4.69, 9.17) is 5.11 Å². The van der Waals surface area contributed by atoms with E-state index in [1.165, 1.54) is 6.07 Å². The molecule has 1 aromatic rings. The fourth-order valence-corrected chi connectivity index (χ4v) is 1.55. The van der Waals surface area contributed by atoms with E-state index in [1.54, 1.807) is 19.1 Å². The molecule has 0 heterocycles. The molecule has 0 unspecified atom stereocenters. The van der Waals surface area contributed by atoms with Crippen LogP contribution in [0.4, 0.5) is 5.69 Å².